The van der Waals surface area contributed by atoms with Crippen LogP contribution in [0.5, 0.6) is 11.5 Å². The molecule has 2 heterocycles. The molecular weight excluding hydrogens is 354 g/mol. The monoisotopic (exact) mass is 377 g/mol. The second-order valence-corrected chi connectivity index (χ2v) is 8.24. The van der Waals surface area contributed by atoms with Crippen molar-refractivity contribution in [1.29, 1.82) is 0 Å². The molecule has 1 saturated heterocycles. The van der Waals surface area contributed by atoms with E-state index >= 15 is 0 Å². The number of nitrogens with zero attached hydrogens (tertiary/aromatic N) is 1. The zero-order valence-corrected chi connectivity index (χ0v) is 15.7. The second-order valence-electron chi connectivity index (χ2n) is 8.24. The van der Waals surface area contributed by atoms with Gasteiger partial charge in [-0.25, -0.2) is 0 Å². The number of carbonyl (C=O) groups excluding carboxylic acids is 2. The molecule has 0 aromatic heterocycles. The normalized spacial score (nSPS) is 26.5. The molecule has 0 bridgehead atoms. The molecule has 144 valence electrons. The highest BCUT2D eigenvalue weighted by Gasteiger charge is 2.48. The van der Waals surface area contributed by atoms with Crippen molar-refractivity contribution in [3.05, 3.63) is 59.7 Å². The van der Waals surface area contributed by atoms with Crippen molar-refractivity contribution in [2.24, 2.45) is 5.92 Å². The lowest BCUT2D eigenvalue weighted by atomic mass is 9.74. The molecule has 2 aromatic carbocycles. The van der Waals surface area contributed by atoms with Crippen LogP contribution in [0.15, 0.2) is 48.5 Å². The number of rotatable bonds is 3. The van der Waals surface area contributed by atoms with Gasteiger partial charge in [0.25, 0.3) is 0 Å². The lowest BCUT2D eigenvalue weighted by molar-refractivity contribution is -0.160. The van der Waals surface area contributed by atoms with Gasteiger partial charge in [-0.05, 0) is 43.4 Å². The summed E-state index contributed by atoms with van der Waals surface area (Å²) in [6.45, 7) is 1.60. The predicted octanol–water partition coefficient (Wildman–Crippen LogP) is 3.46. The summed E-state index contributed by atoms with van der Waals surface area (Å²) in [6, 6.07) is 17.2. The maximum absolute atomic E-state index is 11.7. The van der Waals surface area contributed by atoms with Crippen molar-refractivity contribution in [3.63, 3.8) is 0 Å². The molecule has 2 atom stereocenters. The van der Waals surface area contributed by atoms with Gasteiger partial charge >= 0.3 is 12.4 Å². The first-order chi connectivity index (χ1) is 13.7. The number of esters is 1. The fourth-order valence-corrected chi connectivity index (χ4v) is 5.24. The highest BCUT2D eigenvalue weighted by atomic mass is 16.6. The Hall–Kier alpha value is -2.66. The maximum atomic E-state index is 11.7. The van der Waals surface area contributed by atoms with E-state index in [0.717, 1.165) is 37.2 Å². The number of likely N-dealkylation sites (tertiary alicyclic amines) is 1. The lowest BCUT2D eigenvalue weighted by Gasteiger charge is -2.42. The van der Waals surface area contributed by atoms with Crippen LogP contribution in [0.4, 0.5) is 0 Å². The molecule has 2 aromatic rings. The summed E-state index contributed by atoms with van der Waals surface area (Å²) in [7, 11) is 0. The topological polar surface area (TPSA) is 55.8 Å². The van der Waals surface area contributed by atoms with Gasteiger partial charge in [-0.3, -0.25) is 14.5 Å². The molecule has 5 nitrogen and oxygen atoms in total. The molecule has 0 N–H and O–H groups in total. The van der Waals surface area contributed by atoms with Gasteiger partial charge in [0, 0.05) is 30.1 Å². The molecule has 28 heavy (non-hydrogen) atoms. The van der Waals surface area contributed by atoms with Gasteiger partial charge in [-0.2, -0.15) is 0 Å². The van der Waals surface area contributed by atoms with E-state index in [1.54, 1.807) is 0 Å². The Morgan fingerprint density at radius 2 is 1.86 bits per heavy atom. The summed E-state index contributed by atoms with van der Waals surface area (Å²) < 4.78 is 10.8. The number of hydrogen-bond acceptors (Lipinski definition) is 5. The quantitative estimate of drug-likeness (QED) is 0.466. The second kappa shape index (κ2) is 6.74. The Morgan fingerprint density at radius 1 is 1.11 bits per heavy atom. The minimum atomic E-state index is -0.402. The molecular formula is C23H23NO4. The van der Waals surface area contributed by atoms with Crippen molar-refractivity contribution >= 4 is 12.4 Å². The third-order valence-corrected chi connectivity index (χ3v) is 6.69. The van der Waals surface area contributed by atoms with E-state index in [-0.39, 0.29) is 17.8 Å². The molecule has 0 amide bonds. The molecule has 1 saturated carbocycles. The Morgan fingerprint density at radius 3 is 2.68 bits per heavy atom. The van der Waals surface area contributed by atoms with Crippen LogP contribution in [0.1, 0.15) is 30.4 Å². The van der Waals surface area contributed by atoms with Crippen LogP contribution in [0, 0.1) is 5.92 Å². The van der Waals surface area contributed by atoms with Gasteiger partial charge < -0.3 is 9.47 Å². The van der Waals surface area contributed by atoms with Gasteiger partial charge in [0.15, 0.2) is 0 Å². The molecule has 2 unspecified atom stereocenters. The van der Waals surface area contributed by atoms with E-state index in [1.807, 2.05) is 12.1 Å². The SMILES string of the molecule is O=COC(=O)C1CN(C2CCC3(Cc4ccccc4Oc4ccccc43)C2)C1. The van der Waals surface area contributed by atoms with Gasteiger partial charge in [-0.15, -0.1) is 0 Å². The van der Waals surface area contributed by atoms with E-state index in [4.69, 9.17) is 4.74 Å². The molecule has 1 aliphatic carbocycles. The summed E-state index contributed by atoms with van der Waals surface area (Å²) in [5.41, 5.74) is 2.61. The Kier molecular flexibility index (Phi) is 4.20. The minimum Gasteiger partial charge on any atom is -0.457 e. The molecule has 5 heteroatoms. The summed E-state index contributed by atoms with van der Waals surface area (Å²) in [5.74, 6) is 1.34. The number of carbonyl (C=O) groups is 2. The van der Waals surface area contributed by atoms with E-state index < -0.39 is 5.97 Å². The predicted molar refractivity (Wildman–Crippen MR) is 103 cm³/mol. The number of ether oxygens (including phenoxy) is 2. The van der Waals surface area contributed by atoms with E-state index in [2.05, 4.69) is 46.0 Å². The van der Waals surface area contributed by atoms with Gasteiger partial charge in [0.1, 0.15) is 11.5 Å². The summed E-state index contributed by atoms with van der Waals surface area (Å²) in [5, 5.41) is 0. The van der Waals surface area contributed by atoms with Crippen molar-refractivity contribution in [2.45, 2.75) is 37.1 Å². The number of para-hydroxylation sites is 2. The van der Waals surface area contributed by atoms with Crippen LogP contribution in [-0.4, -0.2) is 36.5 Å². The standard InChI is InChI=1S/C23H23NO4/c25-15-27-22(26)17-13-24(14-17)18-9-10-23(12-18)11-16-5-1-3-7-20(16)28-21-8-4-2-6-19(21)23/h1-8,15,17-18H,9-14H2. The first-order valence-electron chi connectivity index (χ1n) is 9.92. The van der Waals surface area contributed by atoms with Crippen LogP contribution >= 0.6 is 0 Å². The Balaban J connectivity index is 1.40. The summed E-state index contributed by atoms with van der Waals surface area (Å²) in [4.78, 5) is 24.5. The van der Waals surface area contributed by atoms with E-state index in [9.17, 15) is 9.59 Å². The third kappa shape index (κ3) is 2.81. The fraction of sp³-hybridized carbons (Fsp3) is 0.391. The Bertz CT molecular complexity index is 920. The first-order valence-corrected chi connectivity index (χ1v) is 9.92. The largest absolute Gasteiger partial charge is 0.457 e. The molecule has 0 radical (unpaired) electrons. The number of fused-ring (bicyclic) bond motifs is 3. The van der Waals surface area contributed by atoms with Crippen molar-refractivity contribution < 1.29 is 19.1 Å². The fourth-order valence-electron chi connectivity index (χ4n) is 5.24. The van der Waals surface area contributed by atoms with Crippen LogP contribution in [0.25, 0.3) is 0 Å². The van der Waals surface area contributed by atoms with Gasteiger partial charge in [-0.1, -0.05) is 36.4 Å². The van der Waals surface area contributed by atoms with Crippen LogP contribution in [0.3, 0.4) is 0 Å². The lowest BCUT2D eigenvalue weighted by Crippen LogP contribution is -2.54. The van der Waals surface area contributed by atoms with Crippen molar-refractivity contribution in [1.82, 2.24) is 4.90 Å². The maximum Gasteiger partial charge on any atom is 0.319 e. The molecule has 2 aliphatic heterocycles. The zero-order valence-electron chi connectivity index (χ0n) is 15.7. The molecule has 3 aliphatic rings. The van der Waals surface area contributed by atoms with Crippen LogP contribution < -0.4 is 4.74 Å². The molecule has 5 rings (SSSR count). The summed E-state index contributed by atoms with van der Waals surface area (Å²) in [6.07, 6.45) is 4.23. The number of benzene rings is 2. The average molecular weight is 377 g/mol. The zero-order chi connectivity index (χ0) is 19.1. The Labute approximate surface area is 164 Å². The van der Waals surface area contributed by atoms with Crippen molar-refractivity contribution in [3.8, 4) is 11.5 Å². The summed E-state index contributed by atoms with van der Waals surface area (Å²) >= 11 is 0. The third-order valence-electron chi connectivity index (χ3n) is 6.69. The number of hydrogen-bond donors (Lipinski definition) is 0. The first kappa shape index (κ1) is 17.4. The van der Waals surface area contributed by atoms with Crippen LogP contribution in [-0.2, 0) is 26.2 Å². The van der Waals surface area contributed by atoms with E-state index in [1.165, 1.54) is 11.1 Å². The van der Waals surface area contributed by atoms with Gasteiger partial charge in [0.05, 0.1) is 5.92 Å². The van der Waals surface area contributed by atoms with Crippen LogP contribution in [0.2, 0.25) is 0 Å². The smallest absolute Gasteiger partial charge is 0.319 e. The highest BCUT2D eigenvalue weighted by Crippen LogP contribution is 2.52. The molecule has 2 fully saturated rings. The van der Waals surface area contributed by atoms with Gasteiger partial charge in [0.2, 0.25) is 0 Å². The highest BCUT2D eigenvalue weighted by molar-refractivity contribution is 5.79. The molecule has 1 spiro atoms. The minimum absolute atomic E-state index is 0.0578. The van der Waals surface area contributed by atoms with Crippen molar-refractivity contribution in [2.75, 3.05) is 13.1 Å². The van der Waals surface area contributed by atoms with E-state index in [0.29, 0.717) is 19.1 Å². The average Bonchev–Trinajstić information content (AvgIpc) is 3.01.